The Kier molecular flexibility index (Phi) is 8.31. The summed E-state index contributed by atoms with van der Waals surface area (Å²) in [6.07, 6.45) is 8.72. The number of allylic oxidation sites excluding steroid dienone is 1. The molecule has 2 heterocycles. The zero-order chi connectivity index (χ0) is 30.8. The third kappa shape index (κ3) is 5.74. The van der Waals surface area contributed by atoms with E-state index in [1.54, 1.807) is 6.07 Å². The molecule has 0 N–H and O–H groups in total. The Morgan fingerprint density at radius 3 is 2.65 bits per heavy atom. The molecule has 2 aliphatic rings. The van der Waals surface area contributed by atoms with Gasteiger partial charge in [0.25, 0.3) is 5.69 Å². The fourth-order valence-corrected chi connectivity index (χ4v) is 5.99. The van der Waals surface area contributed by atoms with E-state index in [1.807, 2.05) is 75.4 Å². The Bertz CT molecular complexity index is 1590. The fraction of sp³-hybridized carbons (Fsp3) is 0.343. The van der Waals surface area contributed by atoms with E-state index in [0.717, 1.165) is 28.1 Å². The molecule has 43 heavy (non-hydrogen) atoms. The van der Waals surface area contributed by atoms with Gasteiger partial charge >= 0.3 is 5.97 Å². The Labute approximate surface area is 252 Å². The van der Waals surface area contributed by atoms with Crippen LogP contribution in [0.5, 0.6) is 11.5 Å². The molecule has 0 aliphatic carbocycles. The third-order valence-electron chi connectivity index (χ3n) is 8.10. The molecule has 5 rings (SSSR count). The molecule has 1 atom stereocenters. The van der Waals surface area contributed by atoms with Gasteiger partial charge in [0.1, 0.15) is 18.1 Å². The van der Waals surface area contributed by atoms with Gasteiger partial charge in [-0.15, -0.1) is 0 Å². The van der Waals surface area contributed by atoms with Gasteiger partial charge in [-0.05, 0) is 88.6 Å². The molecule has 8 heteroatoms. The van der Waals surface area contributed by atoms with Crippen LogP contribution in [0.15, 0.2) is 72.8 Å². The number of anilines is 1. The average molecular weight is 583 g/mol. The first-order valence-corrected chi connectivity index (χ1v) is 14.7. The van der Waals surface area contributed by atoms with Crippen LogP contribution in [0.2, 0.25) is 0 Å². The Hall–Kier alpha value is -4.59. The molecule has 0 radical (unpaired) electrons. The number of non-ortho nitro benzene ring substituents is 1. The second kappa shape index (κ2) is 12.0. The van der Waals surface area contributed by atoms with Gasteiger partial charge in [0.15, 0.2) is 0 Å². The van der Waals surface area contributed by atoms with Gasteiger partial charge in [-0.1, -0.05) is 36.4 Å². The highest BCUT2D eigenvalue weighted by molar-refractivity contribution is 5.73. The first-order valence-electron chi connectivity index (χ1n) is 14.7. The predicted molar refractivity (Wildman–Crippen MR) is 168 cm³/mol. The van der Waals surface area contributed by atoms with Crippen LogP contribution in [-0.4, -0.2) is 35.9 Å². The number of nitro groups is 1. The summed E-state index contributed by atoms with van der Waals surface area (Å²) in [5.74, 6) is 1.12. The minimum absolute atomic E-state index is 0.0126. The second-order valence-corrected chi connectivity index (χ2v) is 11.7. The van der Waals surface area contributed by atoms with E-state index in [4.69, 9.17) is 14.2 Å². The molecule has 0 aromatic heterocycles. The number of fused-ring (bicyclic) bond motifs is 2. The number of nitrogens with zero attached hydrogens (tertiary/aromatic N) is 2. The number of benzene rings is 3. The Morgan fingerprint density at radius 2 is 1.91 bits per heavy atom. The van der Waals surface area contributed by atoms with Gasteiger partial charge in [-0.2, -0.15) is 0 Å². The van der Waals surface area contributed by atoms with Crippen molar-refractivity contribution in [1.82, 2.24) is 0 Å². The molecule has 1 unspecified atom stereocenters. The summed E-state index contributed by atoms with van der Waals surface area (Å²) in [5, 5.41) is 11.3. The van der Waals surface area contributed by atoms with Crippen LogP contribution in [0.4, 0.5) is 11.4 Å². The van der Waals surface area contributed by atoms with Crippen molar-refractivity contribution in [2.24, 2.45) is 0 Å². The fourth-order valence-electron chi connectivity index (χ4n) is 5.99. The first-order chi connectivity index (χ1) is 20.6. The largest absolute Gasteiger partial charge is 0.490 e. The van der Waals surface area contributed by atoms with Crippen LogP contribution in [0.3, 0.4) is 0 Å². The van der Waals surface area contributed by atoms with Crippen molar-refractivity contribution in [2.75, 3.05) is 18.1 Å². The maximum Gasteiger partial charge on any atom is 0.306 e. The molecule has 0 amide bonds. The summed E-state index contributed by atoms with van der Waals surface area (Å²) in [6.45, 7) is 10.8. The summed E-state index contributed by atoms with van der Waals surface area (Å²) in [5.41, 5.74) is 3.42. The standard InChI is InChI=1S/C35H38N2O6/c1-6-9-26-22-25(12-15-31(26)42-24(2)3)13-17-33(38)41-21-20-36-30-11-8-7-10-29(30)34(4,5)35(36)19-18-27-23-28(37(39)40)14-16-32(27)43-35/h6-12,14-16,18-19,22-24H,13,17,20-21H2,1-5H3/b9-6-. The van der Waals surface area contributed by atoms with Gasteiger partial charge in [0, 0.05) is 35.4 Å². The summed E-state index contributed by atoms with van der Waals surface area (Å²) in [4.78, 5) is 25.9. The quantitative estimate of drug-likeness (QED) is 0.139. The number of esters is 1. The molecule has 3 aromatic rings. The lowest BCUT2D eigenvalue weighted by molar-refractivity contribution is -0.384. The van der Waals surface area contributed by atoms with Gasteiger partial charge in [0.2, 0.25) is 5.72 Å². The van der Waals surface area contributed by atoms with E-state index in [9.17, 15) is 14.9 Å². The van der Waals surface area contributed by atoms with Crippen LogP contribution >= 0.6 is 0 Å². The first kappa shape index (κ1) is 29.9. The Balaban J connectivity index is 1.29. The molecule has 8 nitrogen and oxygen atoms in total. The second-order valence-electron chi connectivity index (χ2n) is 11.7. The van der Waals surface area contributed by atoms with Crippen molar-refractivity contribution in [3.05, 3.63) is 105 Å². The normalized spacial score (nSPS) is 18.0. The highest BCUT2D eigenvalue weighted by Crippen LogP contribution is 2.54. The lowest BCUT2D eigenvalue weighted by Crippen LogP contribution is -2.60. The molecule has 224 valence electrons. The van der Waals surface area contributed by atoms with E-state index < -0.39 is 16.1 Å². The smallest absolute Gasteiger partial charge is 0.306 e. The number of aryl methyl sites for hydroxylation is 1. The number of nitro benzene ring substituents is 1. The van der Waals surface area contributed by atoms with Crippen LogP contribution in [0, 0.1) is 10.1 Å². The highest BCUT2D eigenvalue weighted by atomic mass is 16.6. The van der Waals surface area contributed by atoms with Crippen molar-refractivity contribution < 1.29 is 23.9 Å². The SMILES string of the molecule is C/C=C\c1cc(CCC(=O)OCCN2c3ccccc3C(C)(C)C23C=Cc2cc([N+](=O)[O-])ccc2O3)ccc1OC(C)C. The number of rotatable bonds is 10. The van der Waals surface area contributed by atoms with Crippen molar-refractivity contribution in [1.29, 1.82) is 0 Å². The molecule has 3 aromatic carbocycles. The lowest BCUT2D eigenvalue weighted by atomic mass is 9.76. The summed E-state index contributed by atoms with van der Waals surface area (Å²) in [6, 6.07) is 18.7. The minimum Gasteiger partial charge on any atom is -0.490 e. The molecule has 2 aliphatic heterocycles. The number of carbonyl (C=O) groups is 1. The van der Waals surface area contributed by atoms with Crippen LogP contribution < -0.4 is 14.4 Å². The van der Waals surface area contributed by atoms with Gasteiger partial charge < -0.3 is 19.1 Å². The molecule has 1 spiro atoms. The van der Waals surface area contributed by atoms with Crippen molar-refractivity contribution >= 4 is 29.5 Å². The highest BCUT2D eigenvalue weighted by Gasteiger charge is 2.58. The van der Waals surface area contributed by atoms with Crippen LogP contribution in [-0.2, 0) is 21.4 Å². The molecule has 0 saturated carbocycles. The zero-order valence-corrected chi connectivity index (χ0v) is 25.3. The maximum atomic E-state index is 12.8. The number of hydrogen-bond acceptors (Lipinski definition) is 7. The van der Waals surface area contributed by atoms with E-state index in [0.29, 0.717) is 24.3 Å². The number of para-hydroxylation sites is 1. The summed E-state index contributed by atoms with van der Waals surface area (Å²) in [7, 11) is 0. The summed E-state index contributed by atoms with van der Waals surface area (Å²) < 4.78 is 18.4. The monoisotopic (exact) mass is 582 g/mol. The molecule has 0 fully saturated rings. The van der Waals surface area contributed by atoms with Crippen molar-refractivity contribution in [3.8, 4) is 11.5 Å². The molecule has 0 saturated heterocycles. The van der Waals surface area contributed by atoms with E-state index >= 15 is 0 Å². The molecule has 0 bridgehead atoms. The van der Waals surface area contributed by atoms with E-state index in [1.165, 1.54) is 12.1 Å². The summed E-state index contributed by atoms with van der Waals surface area (Å²) >= 11 is 0. The lowest BCUT2D eigenvalue weighted by Gasteiger charge is -2.47. The van der Waals surface area contributed by atoms with E-state index in [2.05, 4.69) is 30.9 Å². The van der Waals surface area contributed by atoms with E-state index in [-0.39, 0.29) is 30.8 Å². The van der Waals surface area contributed by atoms with Crippen LogP contribution in [0.1, 0.15) is 63.3 Å². The van der Waals surface area contributed by atoms with Gasteiger partial charge in [0.05, 0.1) is 23.0 Å². The van der Waals surface area contributed by atoms with Gasteiger partial charge in [-0.25, -0.2) is 0 Å². The number of hydrogen-bond donors (Lipinski definition) is 0. The topological polar surface area (TPSA) is 91.1 Å². The zero-order valence-electron chi connectivity index (χ0n) is 25.3. The number of carbonyl (C=O) groups excluding carboxylic acids is 1. The van der Waals surface area contributed by atoms with Crippen molar-refractivity contribution in [2.45, 2.75) is 64.7 Å². The third-order valence-corrected chi connectivity index (χ3v) is 8.10. The van der Waals surface area contributed by atoms with Crippen molar-refractivity contribution in [3.63, 3.8) is 0 Å². The predicted octanol–water partition coefficient (Wildman–Crippen LogP) is 7.49. The van der Waals surface area contributed by atoms with Crippen LogP contribution in [0.25, 0.3) is 12.2 Å². The minimum atomic E-state index is -0.908. The molecular formula is C35H38N2O6. The number of ether oxygens (including phenoxy) is 3. The molecular weight excluding hydrogens is 544 g/mol. The Morgan fingerprint density at radius 1 is 1.12 bits per heavy atom. The van der Waals surface area contributed by atoms with Gasteiger partial charge in [-0.3, -0.25) is 14.9 Å². The average Bonchev–Trinajstić information content (AvgIpc) is 3.15. The maximum absolute atomic E-state index is 12.8.